The van der Waals surface area contributed by atoms with Gasteiger partial charge in [-0.1, -0.05) is 42.5 Å². The second kappa shape index (κ2) is 15.9. The average Bonchev–Trinajstić information content (AvgIpc) is 3.39. The minimum absolute atomic E-state index is 0.125. The summed E-state index contributed by atoms with van der Waals surface area (Å²) >= 11 is 0. The van der Waals surface area contributed by atoms with Crippen molar-refractivity contribution in [2.75, 3.05) is 38.5 Å². The number of rotatable bonds is 6. The van der Waals surface area contributed by atoms with Crippen molar-refractivity contribution in [1.29, 1.82) is 0 Å². The standard InChI is InChI=1S/C22H32N6O2.C7H6O.C2H2/c1-14(2)24-22(25-15(3)4)26-18-8-6-7-16-17(13-23-19(16)18)20(29)21(30)28-11-9-27(5)10-12-28;8-6-7-4-2-1-3-5-7;1-2/h6-8,13-15,23H,9-12H2,1-5H3,(H2,24,25,26);1-6H;1-2H. The van der Waals surface area contributed by atoms with Crippen molar-refractivity contribution < 1.29 is 14.4 Å². The number of hydrogen-bond acceptors (Lipinski definition) is 5. The van der Waals surface area contributed by atoms with Gasteiger partial charge in [-0.3, -0.25) is 19.4 Å². The first-order valence-electron chi connectivity index (χ1n) is 13.3. The van der Waals surface area contributed by atoms with Gasteiger partial charge in [0.1, 0.15) is 6.29 Å². The molecule has 3 N–H and O–H groups in total. The van der Waals surface area contributed by atoms with E-state index in [1.165, 1.54) is 0 Å². The Morgan fingerprint density at radius 2 is 1.62 bits per heavy atom. The van der Waals surface area contributed by atoms with Crippen molar-refractivity contribution in [3.63, 3.8) is 0 Å². The number of nitrogens with zero attached hydrogens (tertiary/aromatic N) is 3. The Labute approximate surface area is 237 Å². The van der Waals surface area contributed by atoms with Gasteiger partial charge < -0.3 is 25.4 Å². The van der Waals surface area contributed by atoms with Gasteiger partial charge in [0.2, 0.25) is 0 Å². The van der Waals surface area contributed by atoms with Gasteiger partial charge >= 0.3 is 0 Å². The maximum atomic E-state index is 12.9. The van der Waals surface area contributed by atoms with Crippen molar-refractivity contribution in [2.45, 2.75) is 39.8 Å². The molecule has 3 aromatic rings. The Hall–Kier alpha value is -4.42. The highest BCUT2D eigenvalue weighted by Gasteiger charge is 2.27. The van der Waals surface area contributed by atoms with E-state index < -0.39 is 11.7 Å². The lowest BCUT2D eigenvalue weighted by molar-refractivity contribution is -0.127. The van der Waals surface area contributed by atoms with Crippen LogP contribution in [0.5, 0.6) is 0 Å². The van der Waals surface area contributed by atoms with Crippen molar-refractivity contribution in [3.8, 4) is 12.8 Å². The molecular formula is C31H40N6O3. The smallest absolute Gasteiger partial charge is 0.295 e. The molecule has 0 aliphatic carbocycles. The van der Waals surface area contributed by atoms with Crippen molar-refractivity contribution in [3.05, 3.63) is 65.9 Å². The quantitative estimate of drug-likeness (QED) is 0.108. The number of hydrogen-bond donors (Lipinski definition) is 3. The lowest BCUT2D eigenvalue weighted by Gasteiger charge is -2.31. The molecule has 9 nitrogen and oxygen atoms in total. The van der Waals surface area contributed by atoms with Crippen LogP contribution in [-0.4, -0.2) is 84.0 Å². The third-order valence-electron chi connectivity index (χ3n) is 5.95. The number of nitrogens with one attached hydrogen (secondary N) is 3. The highest BCUT2D eigenvalue weighted by Crippen LogP contribution is 2.26. The molecule has 4 rings (SSSR count). The Morgan fingerprint density at radius 1 is 0.975 bits per heavy atom. The molecule has 1 fully saturated rings. The number of H-pyrrole nitrogens is 1. The summed E-state index contributed by atoms with van der Waals surface area (Å²) < 4.78 is 0. The number of carbonyl (C=O) groups excluding carboxylic acids is 3. The lowest BCUT2D eigenvalue weighted by atomic mass is 10.1. The highest BCUT2D eigenvalue weighted by molar-refractivity contribution is 6.45. The number of aliphatic imine (C=N–C) groups is 1. The van der Waals surface area contributed by atoms with Crippen LogP contribution < -0.4 is 10.6 Å². The zero-order chi connectivity index (χ0) is 29.7. The summed E-state index contributed by atoms with van der Waals surface area (Å²) in [5, 5.41) is 7.36. The van der Waals surface area contributed by atoms with Gasteiger partial charge in [-0.25, -0.2) is 0 Å². The Morgan fingerprint density at radius 3 is 2.17 bits per heavy atom. The second-order valence-electron chi connectivity index (χ2n) is 9.88. The van der Waals surface area contributed by atoms with E-state index in [2.05, 4.69) is 38.4 Å². The molecule has 0 radical (unpaired) electrons. The van der Waals surface area contributed by atoms with Crippen LogP contribution in [0.2, 0.25) is 0 Å². The number of terminal acetylenes is 1. The fourth-order valence-electron chi connectivity index (χ4n) is 4.01. The number of benzene rings is 2. The first-order chi connectivity index (χ1) is 19.2. The molecule has 0 atom stereocenters. The molecule has 0 spiro atoms. The second-order valence-corrected chi connectivity index (χ2v) is 9.88. The molecule has 1 saturated heterocycles. The van der Waals surface area contributed by atoms with Gasteiger partial charge in [0.15, 0.2) is 5.96 Å². The molecule has 9 heteroatoms. The number of anilines is 1. The number of aldehydes is 1. The van der Waals surface area contributed by atoms with Crippen LogP contribution in [0.4, 0.5) is 5.69 Å². The maximum absolute atomic E-state index is 12.9. The number of likely N-dealkylation sites (N-methyl/N-ethyl adjacent to an activating group) is 1. The first kappa shape index (κ1) is 31.8. The SMILES string of the molecule is C#C.CC(C)N=C(Nc1cccc2c(C(=O)C(=O)N3CCN(C)CC3)c[nH]c12)NC(C)C.O=Cc1ccccc1. The summed E-state index contributed by atoms with van der Waals surface area (Å²) in [6.07, 6.45) is 10.5. The molecule has 1 aromatic heterocycles. The number of aromatic nitrogens is 1. The highest BCUT2D eigenvalue weighted by atomic mass is 16.2. The molecule has 1 aliphatic heterocycles. The number of ketones is 1. The van der Waals surface area contributed by atoms with Crippen molar-refractivity contribution in [1.82, 2.24) is 20.1 Å². The molecular weight excluding hydrogens is 504 g/mol. The summed E-state index contributed by atoms with van der Waals surface area (Å²) in [5.74, 6) is -0.242. The van der Waals surface area contributed by atoms with Gasteiger partial charge in [0.05, 0.1) is 16.8 Å². The fraction of sp³-hybridized carbons (Fsp3) is 0.355. The normalized spacial score (nSPS) is 13.6. The number of fused-ring (bicyclic) bond motifs is 1. The van der Waals surface area contributed by atoms with Gasteiger partial charge in [0, 0.05) is 55.4 Å². The first-order valence-corrected chi connectivity index (χ1v) is 13.3. The van der Waals surface area contributed by atoms with Gasteiger partial charge in [-0.2, -0.15) is 0 Å². The predicted octanol–water partition coefficient (Wildman–Crippen LogP) is 4.05. The lowest BCUT2D eigenvalue weighted by Crippen LogP contribution is -2.49. The third-order valence-corrected chi connectivity index (χ3v) is 5.95. The largest absolute Gasteiger partial charge is 0.359 e. The molecule has 40 heavy (non-hydrogen) atoms. The van der Waals surface area contributed by atoms with Crippen LogP contribution >= 0.6 is 0 Å². The van der Waals surface area contributed by atoms with E-state index in [0.717, 1.165) is 41.5 Å². The summed E-state index contributed by atoms with van der Waals surface area (Å²) in [6.45, 7) is 10.8. The van der Waals surface area contributed by atoms with Gasteiger partial charge in [-0.15, -0.1) is 12.8 Å². The Bertz CT molecular complexity index is 1300. The van der Waals surface area contributed by atoms with Crippen molar-refractivity contribution >= 4 is 40.5 Å². The Balaban J connectivity index is 0.000000475. The average molecular weight is 545 g/mol. The van der Waals surface area contributed by atoms with Gasteiger partial charge in [0.25, 0.3) is 11.7 Å². The number of piperazine rings is 1. The molecule has 0 saturated carbocycles. The molecule has 212 valence electrons. The molecule has 2 aromatic carbocycles. The summed E-state index contributed by atoms with van der Waals surface area (Å²) in [5.41, 5.74) is 2.70. The number of amides is 1. The van der Waals surface area contributed by atoms with E-state index in [9.17, 15) is 14.4 Å². The summed E-state index contributed by atoms with van der Waals surface area (Å²) in [7, 11) is 2.02. The molecule has 0 unspecified atom stereocenters. The third kappa shape index (κ3) is 9.10. The zero-order valence-corrected chi connectivity index (χ0v) is 24.0. The fourth-order valence-corrected chi connectivity index (χ4v) is 4.01. The van der Waals surface area contributed by atoms with Crippen LogP contribution in [0.1, 0.15) is 48.4 Å². The van der Waals surface area contributed by atoms with E-state index in [1.54, 1.807) is 23.2 Å². The van der Waals surface area contributed by atoms with E-state index in [1.807, 2.05) is 71.1 Å². The van der Waals surface area contributed by atoms with E-state index in [4.69, 9.17) is 0 Å². The minimum atomic E-state index is -0.473. The predicted molar refractivity (Wildman–Crippen MR) is 163 cm³/mol. The topological polar surface area (TPSA) is 110 Å². The molecule has 1 amide bonds. The number of carbonyl (C=O) groups is 3. The Kier molecular flexibility index (Phi) is 12.6. The van der Waals surface area contributed by atoms with Crippen LogP contribution in [0.15, 0.2) is 59.7 Å². The maximum Gasteiger partial charge on any atom is 0.295 e. The van der Waals surface area contributed by atoms with Gasteiger partial charge in [-0.05, 0) is 40.8 Å². The summed E-state index contributed by atoms with van der Waals surface area (Å²) in [6, 6.07) is 15.1. The summed E-state index contributed by atoms with van der Waals surface area (Å²) in [4.78, 5) is 47.3. The molecule has 0 bridgehead atoms. The number of para-hydroxylation sites is 1. The van der Waals surface area contributed by atoms with Crippen LogP contribution in [0, 0.1) is 12.8 Å². The van der Waals surface area contributed by atoms with E-state index in [-0.39, 0.29) is 12.1 Å². The monoisotopic (exact) mass is 544 g/mol. The van der Waals surface area contributed by atoms with E-state index in [0.29, 0.717) is 24.6 Å². The van der Waals surface area contributed by atoms with E-state index >= 15 is 0 Å². The van der Waals surface area contributed by atoms with Crippen LogP contribution in [-0.2, 0) is 4.79 Å². The zero-order valence-electron chi connectivity index (χ0n) is 24.0. The number of guanidine groups is 1. The van der Waals surface area contributed by atoms with Crippen LogP contribution in [0.3, 0.4) is 0 Å². The minimum Gasteiger partial charge on any atom is -0.359 e. The van der Waals surface area contributed by atoms with Crippen molar-refractivity contribution in [2.24, 2.45) is 4.99 Å². The van der Waals surface area contributed by atoms with Crippen LogP contribution in [0.25, 0.3) is 10.9 Å². The molecule has 1 aliphatic rings. The number of Topliss-reactive ketones (excluding diaryl/α,β-unsaturated/α-hetero) is 1. The number of aromatic amines is 1. The molecule has 2 heterocycles.